The number of carboxylic acids is 1. The second kappa shape index (κ2) is 11.1. The molecule has 2 fully saturated rings. The zero-order valence-corrected chi connectivity index (χ0v) is 22.2. The number of carbonyl (C=O) groups is 2. The number of ether oxygens (including phenoxy) is 1. The fourth-order valence-electron chi connectivity index (χ4n) is 4.40. The van der Waals surface area contributed by atoms with Crippen molar-refractivity contribution < 1.29 is 61.9 Å². The SMILES string of the molecule is O=C(Nc1ccccc1)Nc1ncnc2c1ncn2[C@@H]1O[C@H]([C@@H]2OP(=O)(O)OCC2C(=O)O)[C@@H](OP(=O)(O)O)[C@H]1O. The van der Waals surface area contributed by atoms with Gasteiger partial charge in [0.2, 0.25) is 0 Å². The molecule has 0 aliphatic carbocycles. The quantitative estimate of drug-likeness (QED) is 0.177. The number of aromatic nitrogens is 4. The zero-order valence-electron chi connectivity index (χ0n) is 20.4. The monoisotopic (exact) mass is 616 g/mol. The molecule has 0 saturated carbocycles. The van der Waals surface area contributed by atoms with E-state index in [1.54, 1.807) is 30.3 Å². The van der Waals surface area contributed by atoms with Gasteiger partial charge in [0.1, 0.15) is 36.7 Å². The van der Waals surface area contributed by atoms with Crippen LogP contribution in [0.25, 0.3) is 11.2 Å². The summed E-state index contributed by atoms with van der Waals surface area (Å²) in [4.78, 5) is 65.2. The molecule has 7 N–H and O–H groups in total. The van der Waals surface area contributed by atoms with Crippen LogP contribution in [0.5, 0.6) is 0 Å². The lowest BCUT2D eigenvalue weighted by atomic mass is 9.94. The third-order valence-electron chi connectivity index (χ3n) is 6.11. The fourth-order valence-corrected chi connectivity index (χ4v) is 5.95. The number of carboxylic acid groups (broad SMARTS) is 1. The van der Waals surface area contributed by atoms with Crippen molar-refractivity contribution in [1.82, 2.24) is 19.5 Å². The molecule has 0 radical (unpaired) electrons. The molecule has 2 aliphatic heterocycles. The first-order valence-corrected chi connectivity index (χ1v) is 14.6. The number of phosphoric acid groups is 2. The Morgan fingerprint density at radius 2 is 1.85 bits per heavy atom. The zero-order chi connectivity index (χ0) is 29.5. The minimum atomic E-state index is -5.33. The second-order valence-corrected chi connectivity index (χ2v) is 11.4. The Morgan fingerprint density at radius 1 is 1.12 bits per heavy atom. The maximum atomic E-state index is 12.5. The molecular formula is C20H22N6O13P2. The molecule has 2 saturated heterocycles. The van der Waals surface area contributed by atoms with Gasteiger partial charge in [0.25, 0.3) is 0 Å². The van der Waals surface area contributed by atoms with Crippen molar-refractivity contribution in [1.29, 1.82) is 0 Å². The van der Waals surface area contributed by atoms with Crippen molar-refractivity contribution in [2.45, 2.75) is 30.6 Å². The number of rotatable bonds is 7. The van der Waals surface area contributed by atoms with Crippen LogP contribution in [0.2, 0.25) is 0 Å². The number of aliphatic carboxylic acids is 1. The first-order valence-electron chi connectivity index (χ1n) is 11.6. The van der Waals surface area contributed by atoms with Crippen LogP contribution in [-0.4, -0.2) is 87.4 Å². The molecule has 41 heavy (non-hydrogen) atoms. The van der Waals surface area contributed by atoms with Gasteiger partial charge in [-0.2, -0.15) is 0 Å². The smallest absolute Gasteiger partial charge is 0.472 e. The van der Waals surface area contributed by atoms with Crippen LogP contribution in [0.1, 0.15) is 6.23 Å². The Kier molecular flexibility index (Phi) is 7.92. The van der Waals surface area contributed by atoms with E-state index in [0.717, 1.165) is 17.2 Å². The van der Waals surface area contributed by atoms with Crippen LogP contribution < -0.4 is 10.6 Å². The number of aliphatic hydroxyl groups excluding tert-OH is 1. The van der Waals surface area contributed by atoms with Crippen LogP contribution >= 0.6 is 15.6 Å². The number of para-hydroxylation sites is 1. The molecule has 0 spiro atoms. The summed E-state index contributed by atoms with van der Waals surface area (Å²) in [6.07, 6.45) is -6.94. The van der Waals surface area contributed by atoms with Gasteiger partial charge < -0.3 is 34.9 Å². The van der Waals surface area contributed by atoms with E-state index in [1.807, 2.05) is 0 Å². The number of phosphoric ester groups is 2. The van der Waals surface area contributed by atoms with Crippen molar-refractivity contribution in [3.05, 3.63) is 43.0 Å². The molecule has 2 aliphatic rings. The largest absolute Gasteiger partial charge is 0.481 e. The Morgan fingerprint density at radius 3 is 2.54 bits per heavy atom. The predicted octanol–water partition coefficient (Wildman–Crippen LogP) is 0.423. The standard InChI is InChI=1S/C20H22N6O13P2/c27-12-14(38-40(31,32)33)15(13-10(19(28)29)6-36-41(34,35)39-13)37-18(12)26-8-23-11-16(21-7-22-17(11)26)25-20(30)24-9-4-2-1-3-5-9/h1-5,7-8,10,12-15,18,27H,6H2,(H,28,29)(H,34,35)(H2,31,32,33)(H2,21,22,24,25,30)/t10?,12-,13-,14+,15-,18-/m1/s1. The predicted molar refractivity (Wildman–Crippen MR) is 133 cm³/mol. The molecule has 7 atom stereocenters. The van der Waals surface area contributed by atoms with E-state index in [2.05, 4.69) is 30.1 Å². The lowest BCUT2D eigenvalue weighted by Crippen LogP contribution is -2.50. The van der Waals surface area contributed by atoms with E-state index in [9.17, 15) is 43.6 Å². The highest BCUT2D eigenvalue weighted by molar-refractivity contribution is 7.47. The van der Waals surface area contributed by atoms with Crippen molar-refractivity contribution in [2.24, 2.45) is 5.92 Å². The number of amides is 2. The second-order valence-electron chi connectivity index (χ2n) is 8.81. The third kappa shape index (κ3) is 6.29. The van der Waals surface area contributed by atoms with Crippen LogP contribution in [0, 0.1) is 5.92 Å². The summed E-state index contributed by atoms with van der Waals surface area (Å²) in [5.74, 6) is -3.24. The molecular weight excluding hydrogens is 594 g/mol. The molecule has 3 aromatic rings. The lowest BCUT2D eigenvalue weighted by molar-refractivity contribution is -0.161. The average Bonchev–Trinajstić information content (AvgIpc) is 3.44. The first-order chi connectivity index (χ1) is 19.3. The molecule has 21 heteroatoms. The molecule has 2 unspecified atom stereocenters. The molecule has 2 amide bonds. The summed E-state index contributed by atoms with van der Waals surface area (Å²) < 4.78 is 44.9. The van der Waals surface area contributed by atoms with Crippen molar-refractivity contribution in [3.63, 3.8) is 0 Å². The Balaban J connectivity index is 1.46. The number of benzene rings is 1. The van der Waals surface area contributed by atoms with Gasteiger partial charge in [-0.25, -0.2) is 28.9 Å². The van der Waals surface area contributed by atoms with Gasteiger partial charge in [-0.15, -0.1) is 0 Å². The van der Waals surface area contributed by atoms with Crippen molar-refractivity contribution >= 4 is 50.3 Å². The minimum absolute atomic E-state index is 0.0213. The molecule has 19 nitrogen and oxygen atoms in total. The van der Waals surface area contributed by atoms with E-state index < -0.39 is 70.8 Å². The Labute approximate surface area is 228 Å². The van der Waals surface area contributed by atoms with Gasteiger partial charge >= 0.3 is 27.6 Å². The number of anilines is 2. The molecule has 5 rings (SSSR count). The van der Waals surface area contributed by atoms with Gasteiger partial charge in [0.15, 0.2) is 23.2 Å². The topological polar surface area (TPSA) is 274 Å². The summed E-state index contributed by atoms with van der Waals surface area (Å²) in [5, 5.41) is 25.8. The number of imidazole rings is 1. The number of fused-ring (bicyclic) bond motifs is 1. The number of hydrogen-bond donors (Lipinski definition) is 7. The van der Waals surface area contributed by atoms with E-state index in [-0.39, 0.29) is 17.0 Å². The average molecular weight is 616 g/mol. The van der Waals surface area contributed by atoms with E-state index in [1.165, 1.54) is 0 Å². The number of urea groups is 1. The Bertz CT molecular complexity index is 1550. The molecule has 1 aromatic carbocycles. The number of hydrogen-bond acceptors (Lipinski definition) is 12. The number of aliphatic hydroxyl groups is 1. The van der Waals surface area contributed by atoms with Crippen LogP contribution in [0.15, 0.2) is 43.0 Å². The molecule has 0 bridgehead atoms. The van der Waals surface area contributed by atoms with Crippen molar-refractivity contribution in [2.75, 3.05) is 17.2 Å². The number of nitrogens with zero attached hydrogens (tertiary/aromatic N) is 4. The highest BCUT2D eigenvalue weighted by atomic mass is 31.2. The van der Waals surface area contributed by atoms with Crippen molar-refractivity contribution in [3.8, 4) is 0 Å². The maximum Gasteiger partial charge on any atom is 0.472 e. The maximum absolute atomic E-state index is 12.5. The fraction of sp³-hybridized carbons (Fsp3) is 0.350. The summed E-state index contributed by atoms with van der Waals surface area (Å²) in [5.41, 5.74) is 0.492. The summed E-state index contributed by atoms with van der Waals surface area (Å²) in [7, 11) is -10.1. The van der Waals surface area contributed by atoms with Gasteiger partial charge in [-0.3, -0.25) is 28.2 Å². The van der Waals surface area contributed by atoms with Crippen LogP contribution in [0.4, 0.5) is 16.3 Å². The summed E-state index contributed by atoms with van der Waals surface area (Å²) in [6.45, 7) is -0.807. The van der Waals surface area contributed by atoms with Gasteiger partial charge in [-0.1, -0.05) is 18.2 Å². The van der Waals surface area contributed by atoms with Crippen LogP contribution in [0.3, 0.4) is 0 Å². The van der Waals surface area contributed by atoms with Gasteiger partial charge in [0, 0.05) is 5.69 Å². The normalized spacial score (nSPS) is 30.2. The molecule has 4 heterocycles. The van der Waals surface area contributed by atoms with E-state index >= 15 is 0 Å². The van der Waals surface area contributed by atoms with E-state index in [4.69, 9.17) is 13.8 Å². The highest BCUT2D eigenvalue weighted by Gasteiger charge is 2.57. The first kappa shape index (κ1) is 29.2. The summed E-state index contributed by atoms with van der Waals surface area (Å²) >= 11 is 0. The molecule has 220 valence electrons. The minimum Gasteiger partial charge on any atom is -0.481 e. The van der Waals surface area contributed by atoms with Gasteiger partial charge in [0.05, 0.1) is 12.9 Å². The van der Waals surface area contributed by atoms with Gasteiger partial charge in [-0.05, 0) is 12.1 Å². The number of carbonyl (C=O) groups excluding carboxylic acids is 1. The number of nitrogens with one attached hydrogen (secondary N) is 2. The van der Waals surface area contributed by atoms with E-state index in [0.29, 0.717) is 5.69 Å². The van der Waals surface area contributed by atoms with Crippen LogP contribution in [-0.2, 0) is 32.2 Å². The lowest BCUT2D eigenvalue weighted by Gasteiger charge is -2.35. The highest BCUT2D eigenvalue weighted by Crippen LogP contribution is 2.53. The molecule has 2 aromatic heterocycles. The Hall–Kier alpha value is -3.35. The third-order valence-corrected chi connectivity index (χ3v) is 7.62. The summed E-state index contributed by atoms with van der Waals surface area (Å²) in [6, 6.07) is 7.84.